The van der Waals surface area contributed by atoms with E-state index in [-0.39, 0.29) is 16.8 Å². The summed E-state index contributed by atoms with van der Waals surface area (Å²) in [4.78, 5) is 28.5. The highest BCUT2D eigenvalue weighted by molar-refractivity contribution is 8.14. The molecule has 0 N–H and O–H groups in total. The Morgan fingerprint density at radius 3 is 2.54 bits per heavy atom. The van der Waals surface area contributed by atoms with Gasteiger partial charge in [-0.3, -0.25) is 9.69 Å². The van der Waals surface area contributed by atoms with Crippen molar-refractivity contribution in [3.8, 4) is 0 Å². The summed E-state index contributed by atoms with van der Waals surface area (Å²) in [5.74, 6) is -0.325. The van der Waals surface area contributed by atoms with Crippen molar-refractivity contribution in [2.45, 2.75) is 20.8 Å². The topological polar surface area (TPSA) is 84.6 Å². The molecule has 1 aromatic carbocycles. The van der Waals surface area contributed by atoms with Gasteiger partial charge in [-0.15, -0.1) is 0 Å². The summed E-state index contributed by atoms with van der Waals surface area (Å²) in [7, 11) is 0. The number of rotatable bonds is 6. The molecule has 3 rings (SSSR count). The highest BCUT2D eigenvalue weighted by Gasteiger charge is 2.24. The molecule has 2 aromatic rings. The van der Waals surface area contributed by atoms with Gasteiger partial charge in [0.2, 0.25) is 10.4 Å². The lowest BCUT2D eigenvalue weighted by molar-refractivity contribution is -0.759. The molecule has 0 unspecified atom stereocenters. The molecule has 0 atom stereocenters. The molecule has 150 valence electrons. The maximum Gasteiger partial charge on any atom is 0.257 e. The lowest BCUT2D eigenvalue weighted by Crippen LogP contribution is -2.65. The number of hydrogen-bond acceptors (Lipinski definition) is 7. The predicted molar refractivity (Wildman–Crippen MR) is 107 cm³/mol. The van der Waals surface area contributed by atoms with E-state index in [1.54, 1.807) is 11.0 Å². The molecule has 8 nitrogen and oxygen atoms in total. The molecule has 1 fully saturated rings. The second kappa shape index (κ2) is 9.20. The maximum atomic E-state index is 12.4. The first kappa shape index (κ1) is 20.3. The Morgan fingerprint density at radius 2 is 1.89 bits per heavy atom. The fourth-order valence-corrected chi connectivity index (χ4v) is 3.95. The van der Waals surface area contributed by atoms with E-state index >= 15 is 0 Å². The monoisotopic (exact) mass is 403 g/mol. The van der Waals surface area contributed by atoms with E-state index in [2.05, 4.69) is 22.4 Å². The third-order valence-electron chi connectivity index (χ3n) is 4.78. The van der Waals surface area contributed by atoms with Gasteiger partial charge in [0.25, 0.3) is 6.20 Å². The Hall–Kier alpha value is -2.39. The molecular weight excluding hydrogens is 378 g/mol. The van der Waals surface area contributed by atoms with Crippen LogP contribution in [0, 0.1) is 13.8 Å². The van der Waals surface area contributed by atoms with Gasteiger partial charge in [-0.1, -0.05) is 36.9 Å². The molecule has 9 heteroatoms. The number of nitrogens with zero attached hydrogens (tertiary/aromatic N) is 5. The molecule has 0 aliphatic carbocycles. The Morgan fingerprint density at radius 1 is 1.21 bits per heavy atom. The van der Waals surface area contributed by atoms with E-state index in [4.69, 9.17) is 4.52 Å². The molecular formula is C19H25N5O3S. The SMILES string of the molecule is CCN1CCN([n+]2cc([N-]C(=O)CSC(=O)c3c(C)cccc3C)on2)CC1. The Kier molecular flexibility index (Phi) is 6.69. The van der Waals surface area contributed by atoms with Crippen molar-refractivity contribution in [2.24, 2.45) is 0 Å². The normalized spacial score (nSPS) is 14.9. The fraction of sp³-hybridized carbons (Fsp3) is 0.474. The number of aryl methyl sites for hydroxylation is 2. The molecule has 1 amide bonds. The number of thioether (sulfide) groups is 1. The van der Waals surface area contributed by atoms with Gasteiger partial charge in [0.05, 0.1) is 23.8 Å². The predicted octanol–water partition coefficient (Wildman–Crippen LogP) is 1.96. The van der Waals surface area contributed by atoms with Crippen LogP contribution in [-0.4, -0.2) is 59.7 Å². The fourth-order valence-electron chi connectivity index (χ4n) is 3.16. The Labute approximate surface area is 168 Å². The molecule has 1 aromatic heterocycles. The van der Waals surface area contributed by atoms with Gasteiger partial charge < -0.3 is 14.6 Å². The summed E-state index contributed by atoms with van der Waals surface area (Å²) in [6.07, 6.45) is 1.59. The first-order chi connectivity index (χ1) is 13.5. The van der Waals surface area contributed by atoms with Crippen molar-refractivity contribution in [1.82, 2.24) is 10.2 Å². The third kappa shape index (κ3) is 4.90. The summed E-state index contributed by atoms with van der Waals surface area (Å²) in [6.45, 7) is 10.5. The molecule has 0 bridgehead atoms. The van der Waals surface area contributed by atoms with E-state index < -0.39 is 5.91 Å². The standard InChI is InChI=1S/C19H25N5O3S/c1-4-22-8-10-23(11-9-22)24-12-17(27-21-24)20-16(25)13-28-19(26)18-14(2)6-5-7-15(18)3/h5-7,12H,4,8-11,13H2,1-3H3. The minimum atomic E-state index is -0.427. The number of carbonyl (C=O) groups excluding carboxylic acids is 2. The van der Waals surface area contributed by atoms with Gasteiger partial charge in [0.15, 0.2) is 0 Å². The summed E-state index contributed by atoms with van der Waals surface area (Å²) < 4.78 is 5.15. The average Bonchev–Trinajstić information content (AvgIpc) is 3.14. The minimum Gasteiger partial charge on any atom is -0.588 e. The summed E-state index contributed by atoms with van der Waals surface area (Å²) in [6, 6.07) is 5.69. The second-order valence-corrected chi connectivity index (χ2v) is 7.65. The zero-order chi connectivity index (χ0) is 20.1. The van der Waals surface area contributed by atoms with Crippen LogP contribution in [-0.2, 0) is 4.79 Å². The van der Waals surface area contributed by atoms with Gasteiger partial charge in [0.1, 0.15) is 5.88 Å². The van der Waals surface area contributed by atoms with Crippen LogP contribution >= 0.6 is 11.8 Å². The summed E-state index contributed by atoms with van der Waals surface area (Å²) in [5.41, 5.74) is 2.46. The largest absolute Gasteiger partial charge is 0.588 e. The van der Waals surface area contributed by atoms with Crippen molar-refractivity contribution < 1.29 is 18.9 Å². The van der Waals surface area contributed by atoms with E-state index in [0.717, 1.165) is 55.6 Å². The zero-order valence-electron chi connectivity index (χ0n) is 16.4. The van der Waals surface area contributed by atoms with E-state index in [9.17, 15) is 9.59 Å². The van der Waals surface area contributed by atoms with Crippen LogP contribution in [0.3, 0.4) is 0 Å². The van der Waals surface area contributed by atoms with Crippen molar-refractivity contribution in [1.29, 1.82) is 0 Å². The first-order valence-corrected chi connectivity index (χ1v) is 10.3. The Balaban J connectivity index is 1.50. The molecule has 28 heavy (non-hydrogen) atoms. The van der Waals surface area contributed by atoms with Gasteiger partial charge in [-0.2, -0.15) is 5.01 Å². The smallest absolute Gasteiger partial charge is 0.257 e. The van der Waals surface area contributed by atoms with Crippen molar-refractivity contribution in [3.05, 3.63) is 46.4 Å². The quantitative estimate of drug-likeness (QED) is 0.682. The van der Waals surface area contributed by atoms with Gasteiger partial charge in [-0.05, 0) is 31.5 Å². The van der Waals surface area contributed by atoms with E-state index in [1.807, 2.05) is 37.1 Å². The van der Waals surface area contributed by atoms with Crippen molar-refractivity contribution in [2.75, 3.05) is 43.5 Å². The lowest BCUT2D eigenvalue weighted by Gasteiger charge is -2.28. The van der Waals surface area contributed by atoms with Crippen LogP contribution in [0.2, 0.25) is 0 Å². The minimum absolute atomic E-state index is 0.0392. The van der Waals surface area contributed by atoms with Crippen molar-refractivity contribution >= 4 is 28.7 Å². The van der Waals surface area contributed by atoms with E-state index in [1.165, 1.54) is 0 Å². The molecule has 0 saturated carbocycles. The van der Waals surface area contributed by atoms with E-state index in [0.29, 0.717) is 5.56 Å². The number of amides is 1. The summed E-state index contributed by atoms with van der Waals surface area (Å²) in [5, 5.41) is 9.77. The van der Waals surface area contributed by atoms with Crippen LogP contribution in [0.1, 0.15) is 28.4 Å². The summed E-state index contributed by atoms with van der Waals surface area (Å²) >= 11 is 0.956. The maximum absolute atomic E-state index is 12.4. The number of benzene rings is 1. The van der Waals surface area contributed by atoms with Gasteiger partial charge in [0, 0.05) is 24.4 Å². The zero-order valence-corrected chi connectivity index (χ0v) is 17.2. The lowest BCUT2D eigenvalue weighted by atomic mass is 10.0. The van der Waals surface area contributed by atoms with Crippen LogP contribution in [0.4, 0.5) is 5.88 Å². The number of likely N-dealkylation sites (N-methyl/N-ethyl adjacent to an activating group) is 1. The Bertz CT molecular complexity index is 826. The molecule has 0 spiro atoms. The third-order valence-corrected chi connectivity index (χ3v) is 5.63. The highest BCUT2D eigenvalue weighted by atomic mass is 32.2. The first-order valence-electron chi connectivity index (χ1n) is 9.32. The van der Waals surface area contributed by atoms with Crippen LogP contribution < -0.4 is 9.80 Å². The average molecular weight is 404 g/mol. The number of aromatic nitrogens is 2. The molecule has 1 aliphatic heterocycles. The molecule has 1 aliphatic rings. The van der Waals surface area contributed by atoms with Crippen LogP contribution in [0.15, 0.2) is 28.9 Å². The van der Waals surface area contributed by atoms with Crippen LogP contribution in [0.5, 0.6) is 0 Å². The second-order valence-electron chi connectivity index (χ2n) is 6.70. The van der Waals surface area contributed by atoms with Crippen molar-refractivity contribution in [3.63, 3.8) is 0 Å². The van der Waals surface area contributed by atoms with Gasteiger partial charge >= 0.3 is 0 Å². The number of piperazine rings is 1. The molecule has 2 heterocycles. The molecule has 1 saturated heterocycles. The number of hydrogen-bond donors (Lipinski definition) is 0. The van der Waals surface area contributed by atoms with Crippen LogP contribution in [0.25, 0.3) is 5.32 Å². The molecule has 0 radical (unpaired) electrons. The highest BCUT2D eigenvalue weighted by Crippen LogP contribution is 2.22. The number of carbonyl (C=O) groups is 2. The van der Waals surface area contributed by atoms with Gasteiger partial charge in [-0.25, -0.2) is 0 Å².